The molecule has 0 aliphatic carbocycles. The van der Waals surface area contributed by atoms with Crippen LogP contribution in [0.5, 0.6) is 11.5 Å². The monoisotopic (exact) mass is 399 g/mol. The van der Waals surface area contributed by atoms with E-state index in [0.29, 0.717) is 22.7 Å². The molecular weight excluding hydrogens is 374 g/mol. The number of ether oxygens (including phenoxy) is 4. The van der Waals surface area contributed by atoms with Crippen molar-refractivity contribution in [2.45, 2.75) is 32.5 Å². The summed E-state index contributed by atoms with van der Waals surface area (Å²) in [5, 5.41) is 2.87. The van der Waals surface area contributed by atoms with Gasteiger partial charge in [-0.3, -0.25) is 9.59 Å². The number of hydrogen-bond acceptors (Lipinski definition) is 6. The van der Waals surface area contributed by atoms with Crippen molar-refractivity contribution in [2.75, 3.05) is 26.1 Å². The van der Waals surface area contributed by atoms with E-state index in [4.69, 9.17) is 18.9 Å². The normalized spacial score (nSPS) is 18.3. The van der Waals surface area contributed by atoms with Crippen molar-refractivity contribution >= 4 is 17.6 Å². The minimum Gasteiger partial charge on any atom is -0.493 e. The summed E-state index contributed by atoms with van der Waals surface area (Å²) < 4.78 is 22.2. The quantitative estimate of drug-likeness (QED) is 0.750. The van der Waals surface area contributed by atoms with Crippen molar-refractivity contribution in [3.63, 3.8) is 0 Å². The number of para-hydroxylation sites is 1. The molecule has 2 aromatic rings. The zero-order chi connectivity index (χ0) is 21.0. The van der Waals surface area contributed by atoms with Gasteiger partial charge < -0.3 is 24.3 Å². The molecule has 7 nitrogen and oxygen atoms in total. The molecule has 0 radical (unpaired) electrons. The highest BCUT2D eigenvalue weighted by atomic mass is 16.5. The summed E-state index contributed by atoms with van der Waals surface area (Å²) in [6.45, 7) is 3.91. The molecule has 2 atom stereocenters. The number of fused-ring (bicyclic) bond motifs is 1. The first-order chi connectivity index (χ1) is 14.0. The molecular formula is C22H25NO6. The third kappa shape index (κ3) is 4.35. The molecule has 0 bridgehead atoms. The maximum atomic E-state index is 12.8. The number of aryl methyl sites for hydroxylation is 1. The summed E-state index contributed by atoms with van der Waals surface area (Å²) in [6.07, 6.45) is -1.84. The molecule has 0 fully saturated rings. The number of esters is 1. The maximum Gasteiger partial charge on any atom is 0.308 e. The SMILES string of the molecule is CCOC(=O)C[C@H]1O[C@H](c2cccc(OC)c2OC)c2cc(C)ccc2NC1=O. The highest BCUT2D eigenvalue weighted by Crippen LogP contribution is 2.43. The number of amides is 1. The lowest BCUT2D eigenvalue weighted by Crippen LogP contribution is -2.32. The molecule has 7 heteroatoms. The van der Waals surface area contributed by atoms with Gasteiger partial charge in [-0.1, -0.05) is 29.8 Å². The molecule has 0 aromatic heterocycles. The molecule has 0 saturated heterocycles. The Balaban J connectivity index is 2.10. The van der Waals surface area contributed by atoms with Gasteiger partial charge in [0.05, 0.1) is 27.2 Å². The second kappa shape index (κ2) is 8.96. The van der Waals surface area contributed by atoms with Crippen LogP contribution in [0.1, 0.15) is 36.1 Å². The van der Waals surface area contributed by atoms with E-state index < -0.39 is 24.1 Å². The average molecular weight is 399 g/mol. The van der Waals surface area contributed by atoms with Gasteiger partial charge in [0.2, 0.25) is 0 Å². The molecule has 1 aliphatic rings. The fraction of sp³-hybridized carbons (Fsp3) is 0.364. The highest BCUT2D eigenvalue weighted by Gasteiger charge is 2.35. The van der Waals surface area contributed by atoms with Gasteiger partial charge in [-0.15, -0.1) is 0 Å². The predicted molar refractivity (Wildman–Crippen MR) is 107 cm³/mol. The number of methoxy groups -OCH3 is 2. The summed E-state index contributed by atoms with van der Waals surface area (Å²) in [5.74, 6) is 0.170. The molecule has 29 heavy (non-hydrogen) atoms. The van der Waals surface area contributed by atoms with Gasteiger partial charge in [-0.25, -0.2) is 0 Å². The predicted octanol–water partition coefficient (Wildman–Crippen LogP) is 3.39. The Morgan fingerprint density at radius 1 is 1.14 bits per heavy atom. The minimum absolute atomic E-state index is 0.185. The Labute approximate surface area is 169 Å². The lowest BCUT2D eigenvalue weighted by Gasteiger charge is -2.24. The number of carbonyl (C=O) groups excluding carboxylic acids is 2. The van der Waals surface area contributed by atoms with Crippen LogP contribution < -0.4 is 14.8 Å². The van der Waals surface area contributed by atoms with Crippen molar-refractivity contribution in [2.24, 2.45) is 0 Å². The number of carbonyl (C=O) groups is 2. The van der Waals surface area contributed by atoms with E-state index in [-0.39, 0.29) is 13.0 Å². The largest absolute Gasteiger partial charge is 0.493 e. The molecule has 1 amide bonds. The lowest BCUT2D eigenvalue weighted by molar-refractivity contribution is -0.150. The standard InChI is InChI=1S/C22H25NO6/c1-5-28-19(24)12-18-22(25)23-16-10-9-13(2)11-15(16)20(29-18)14-7-6-8-17(26-3)21(14)27-4/h6-11,18,20H,5,12H2,1-4H3,(H,23,25)/t18-,20-/m1/s1. The molecule has 3 rings (SSSR count). The number of hydrogen-bond donors (Lipinski definition) is 1. The molecule has 0 saturated carbocycles. The van der Waals surface area contributed by atoms with Crippen LogP contribution in [-0.4, -0.2) is 38.8 Å². The first-order valence-corrected chi connectivity index (χ1v) is 9.41. The van der Waals surface area contributed by atoms with Crippen molar-refractivity contribution in [1.29, 1.82) is 0 Å². The van der Waals surface area contributed by atoms with Gasteiger partial charge >= 0.3 is 5.97 Å². The minimum atomic E-state index is -1.01. The van der Waals surface area contributed by atoms with Gasteiger partial charge in [-0.05, 0) is 26.0 Å². The number of rotatable bonds is 6. The molecule has 1 aliphatic heterocycles. The van der Waals surface area contributed by atoms with E-state index in [9.17, 15) is 9.59 Å². The van der Waals surface area contributed by atoms with Crippen molar-refractivity contribution in [1.82, 2.24) is 0 Å². The van der Waals surface area contributed by atoms with Crippen LogP contribution in [0, 0.1) is 6.92 Å². The lowest BCUT2D eigenvalue weighted by atomic mass is 9.97. The summed E-state index contributed by atoms with van der Waals surface area (Å²) in [7, 11) is 3.11. The zero-order valence-corrected chi connectivity index (χ0v) is 17.0. The van der Waals surface area contributed by atoms with Crippen molar-refractivity contribution < 1.29 is 28.5 Å². The van der Waals surface area contributed by atoms with Crippen LogP contribution in [0.2, 0.25) is 0 Å². The first-order valence-electron chi connectivity index (χ1n) is 9.41. The van der Waals surface area contributed by atoms with E-state index in [0.717, 1.165) is 11.1 Å². The second-order valence-corrected chi connectivity index (χ2v) is 6.68. The number of benzene rings is 2. The van der Waals surface area contributed by atoms with Crippen molar-refractivity contribution in [3.05, 3.63) is 53.1 Å². The van der Waals surface area contributed by atoms with Crippen LogP contribution >= 0.6 is 0 Å². The van der Waals surface area contributed by atoms with E-state index in [2.05, 4.69) is 5.32 Å². The highest BCUT2D eigenvalue weighted by molar-refractivity contribution is 5.97. The Kier molecular flexibility index (Phi) is 6.39. The first kappa shape index (κ1) is 20.7. The Bertz CT molecular complexity index is 910. The third-order valence-corrected chi connectivity index (χ3v) is 4.71. The molecule has 2 aromatic carbocycles. The van der Waals surface area contributed by atoms with Gasteiger partial charge in [-0.2, -0.15) is 0 Å². The summed E-state index contributed by atoms with van der Waals surface area (Å²) >= 11 is 0. The van der Waals surface area contributed by atoms with E-state index in [1.54, 1.807) is 27.2 Å². The molecule has 0 unspecified atom stereocenters. The van der Waals surface area contributed by atoms with E-state index in [1.807, 2.05) is 37.3 Å². The van der Waals surface area contributed by atoms with Crippen LogP contribution in [0.25, 0.3) is 0 Å². The Morgan fingerprint density at radius 2 is 1.93 bits per heavy atom. The average Bonchev–Trinajstić information content (AvgIpc) is 2.84. The topological polar surface area (TPSA) is 83.1 Å². The van der Waals surface area contributed by atoms with Crippen LogP contribution in [0.15, 0.2) is 36.4 Å². The van der Waals surface area contributed by atoms with Crippen LogP contribution in [-0.2, 0) is 19.1 Å². The number of nitrogens with one attached hydrogen (secondary N) is 1. The second-order valence-electron chi connectivity index (χ2n) is 6.68. The van der Waals surface area contributed by atoms with E-state index >= 15 is 0 Å². The summed E-state index contributed by atoms with van der Waals surface area (Å²) in [4.78, 5) is 24.8. The van der Waals surface area contributed by atoms with Gasteiger partial charge in [0, 0.05) is 16.8 Å². The zero-order valence-electron chi connectivity index (χ0n) is 17.0. The summed E-state index contributed by atoms with van der Waals surface area (Å²) in [6, 6.07) is 11.2. The molecule has 0 spiro atoms. The Morgan fingerprint density at radius 3 is 2.62 bits per heavy atom. The van der Waals surface area contributed by atoms with Crippen LogP contribution in [0.4, 0.5) is 5.69 Å². The molecule has 154 valence electrons. The van der Waals surface area contributed by atoms with Gasteiger partial charge in [0.1, 0.15) is 12.2 Å². The maximum absolute atomic E-state index is 12.8. The fourth-order valence-corrected chi connectivity index (χ4v) is 3.40. The molecule has 1 N–H and O–H groups in total. The number of anilines is 1. The smallest absolute Gasteiger partial charge is 0.308 e. The van der Waals surface area contributed by atoms with E-state index in [1.165, 1.54) is 0 Å². The third-order valence-electron chi connectivity index (χ3n) is 4.71. The Hall–Kier alpha value is -3.06. The van der Waals surface area contributed by atoms with Crippen molar-refractivity contribution in [3.8, 4) is 11.5 Å². The van der Waals surface area contributed by atoms with Gasteiger partial charge in [0.15, 0.2) is 11.5 Å². The van der Waals surface area contributed by atoms with Crippen LogP contribution in [0.3, 0.4) is 0 Å². The molecule has 1 heterocycles. The fourth-order valence-electron chi connectivity index (χ4n) is 3.40. The van der Waals surface area contributed by atoms with Gasteiger partial charge in [0.25, 0.3) is 5.91 Å². The summed E-state index contributed by atoms with van der Waals surface area (Å²) in [5.41, 5.74) is 3.11.